The zero-order valence-electron chi connectivity index (χ0n) is 16.4. The van der Waals surface area contributed by atoms with Gasteiger partial charge >= 0.3 is 5.97 Å². The van der Waals surface area contributed by atoms with E-state index in [0.717, 1.165) is 25.2 Å². The highest BCUT2D eigenvalue weighted by Gasteiger charge is 2.50. The lowest BCUT2D eigenvalue weighted by molar-refractivity contribution is -0.147. The number of carbonyl (C=O) groups excluding carboxylic acids is 1. The molecule has 136 valence electrons. The molecular weight excluding hydrogens is 296 g/mol. The van der Waals surface area contributed by atoms with Crippen LogP contribution >= 0.6 is 0 Å². The second-order valence-electron chi connectivity index (χ2n) is 8.58. The van der Waals surface area contributed by atoms with Crippen molar-refractivity contribution < 1.29 is 9.53 Å². The number of allylic oxidation sites excluding steroid dienone is 4. The van der Waals surface area contributed by atoms with Crippen LogP contribution in [0.5, 0.6) is 0 Å². The van der Waals surface area contributed by atoms with Gasteiger partial charge in [0.25, 0.3) is 0 Å². The van der Waals surface area contributed by atoms with Gasteiger partial charge in [0.05, 0.1) is 13.0 Å². The van der Waals surface area contributed by atoms with E-state index in [9.17, 15) is 4.79 Å². The maximum absolute atomic E-state index is 12.1. The van der Waals surface area contributed by atoms with Crippen molar-refractivity contribution in [1.82, 2.24) is 0 Å². The molecule has 2 aliphatic rings. The normalized spacial score (nSPS) is 37.7. The smallest absolute Gasteiger partial charge is 0.308 e. The average molecular weight is 333 g/mol. The molecule has 0 aromatic heterocycles. The molecule has 1 fully saturated rings. The first-order valence-electron chi connectivity index (χ1n) is 9.75. The Labute approximate surface area is 148 Å². The number of carbonyl (C=O) groups is 1. The zero-order valence-corrected chi connectivity index (χ0v) is 16.4. The minimum atomic E-state index is -0.0383. The molecule has 2 heteroatoms. The van der Waals surface area contributed by atoms with Gasteiger partial charge in [0.2, 0.25) is 0 Å². The van der Waals surface area contributed by atoms with Crippen molar-refractivity contribution in [1.29, 1.82) is 0 Å². The third-order valence-corrected chi connectivity index (χ3v) is 6.55. The number of hydrogen-bond acceptors (Lipinski definition) is 2. The number of rotatable bonds is 2. The molecule has 1 saturated carbocycles. The lowest BCUT2D eigenvalue weighted by atomic mass is 9.82. The first-order chi connectivity index (χ1) is 11.4. The first kappa shape index (κ1) is 19.3. The molecule has 1 unspecified atom stereocenters. The van der Waals surface area contributed by atoms with Gasteiger partial charge in [0.15, 0.2) is 0 Å². The molecule has 2 rings (SSSR count). The average Bonchev–Trinajstić information content (AvgIpc) is 3.18. The van der Waals surface area contributed by atoms with Crippen molar-refractivity contribution in [3.63, 3.8) is 0 Å². The van der Waals surface area contributed by atoms with Crippen LogP contribution in [-0.4, -0.2) is 13.1 Å². The number of fused-ring (bicyclic) bond motifs is 1. The molecule has 4 atom stereocenters. The van der Waals surface area contributed by atoms with Crippen molar-refractivity contribution in [2.24, 2.45) is 23.2 Å². The predicted octanol–water partition coefficient (Wildman–Crippen LogP) is 6.07. The summed E-state index contributed by atoms with van der Waals surface area (Å²) in [6, 6.07) is 0. The molecular formula is C22H36O2. The van der Waals surface area contributed by atoms with Crippen molar-refractivity contribution in [2.75, 3.05) is 7.11 Å². The molecule has 0 N–H and O–H groups in total. The van der Waals surface area contributed by atoms with Gasteiger partial charge in [0.1, 0.15) is 0 Å². The largest absolute Gasteiger partial charge is 0.469 e. The molecule has 0 amide bonds. The van der Waals surface area contributed by atoms with E-state index in [0.29, 0.717) is 11.3 Å². The Morgan fingerprint density at radius 2 is 1.88 bits per heavy atom. The summed E-state index contributed by atoms with van der Waals surface area (Å²) in [4.78, 5) is 12.1. The van der Waals surface area contributed by atoms with Crippen LogP contribution < -0.4 is 0 Å². The minimum absolute atomic E-state index is 0.0164. The first-order valence-corrected chi connectivity index (χ1v) is 9.75. The van der Waals surface area contributed by atoms with Gasteiger partial charge in [-0.25, -0.2) is 0 Å². The lowest BCUT2D eigenvalue weighted by Gasteiger charge is -2.24. The van der Waals surface area contributed by atoms with Crippen molar-refractivity contribution in [3.05, 3.63) is 23.3 Å². The van der Waals surface area contributed by atoms with Crippen molar-refractivity contribution >= 4 is 5.97 Å². The predicted molar refractivity (Wildman–Crippen MR) is 101 cm³/mol. The van der Waals surface area contributed by atoms with Gasteiger partial charge in [-0.3, -0.25) is 4.79 Å². The van der Waals surface area contributed by atoms with Crippen LogP contribution in [0.25, 0.3) is 0 Å². The van der Waals surface area contributed by atoms with E-state index in [-0.39, 0.29) is 11.9 Å². The summed E-state index contributed by atoms with van der Waals surface area (Å²) in [7, 11) is 1.52. The number of methoxy groups -OCH3 is 1. The van der Waals surface area contributed by atoms with Gasteiger partial charge in [0, 0.05) is 0 Å². The van der Waals surface area contributed by atoms with Crippen LogP contribution in [0.2, 0.25) is 0 Å². The maximum atomic E-state index is 12.1. The number of esters is 1. The molecule has 0 heterocycles. The molecule has 2 aliphatic carbocycles. The topological polar surface area (TPSA) is 26.3 Å². The van der Waals surface area contributed by atoms with Gasteiger partial charge in [-0.05, 0) is 82.5 Å². The highest BCUT2D eigenvalue weighted by Crippen LogP contribution is 2.59. The summed E-state index contributed by atoms with van der Waals surface area (Å²) in [5.74, 6) is 1.22. The Kier molecular flexibility index (Phi) is 6.71. The van der Waals surface area contributed by atoms with Gasteiger partial charge in [-0.2, -0.15) is 0 Å². The highest BCUT2D eigenvalue weighted by molar-refractivity contribution is 5.72. The van der Waals surface area contributed by atoms with E-state index in [1.165, 1.54) is 50.4 Å². The Bertz CT molecular complexity index is 502. The molecule has 0 spiro atoms. The summed E-state index contributed by atoms with van der Waals surface area (Å²) < 4.78 is 5.03. The summed E-state index contributed by atoms with van der Waals surface area (Å²) in [6.07, 6.45) is 14.4. The van der Waals surface area contributed by atoms with Crippen LogP contribution in [0.1, 0.15) is 79.1 Å². The van der Waals surface area contributed by atoms with E-state index >= 15 is 0 Å². The van der Waals surface area contributed by atoms with Crippen LogP contribution in [0.15, 0.2) is 23.3 Å². The van der Waals surface area contributed by atoms with Crippen LogP contribution in [0.4, 0.5) is 0 Å². The number of hydrogen-bond donors (Lipinski definition) is 0. The third kappa shape index (κ3) is 5.22. The van der Waals surface area contributed by atoms with Gasteiger partial charge in [-0.1, -0.05) is 37.1 Å². The van der Waals surface area contributed by atoms with E-state index < -0.39 is 0 Å². The summed E-state index contributed by atoms with van der Waals surface area (Å²) >= 11 is 0. The molecule has 0 aromatic rings. The Balaban J connectivity index is 2.09. The zero-order chi connectivity index (χ0) is 17.7. The highest BCUT2D eigenvalue weighted by atomic mass is 16.5. The molecule has 2 nitrogen and oxygen atoms in total. The fourth-order valence-corrected chi connectivity index (χ4v) is 4.31. The maximum Gasteiger partial charge on any atom is 0.308 e. The van der Waals surface area contributed by atoms with Crippen LogP contribution in [0, 0.1) is 23.2 Å². The van der Waals surface area contributed by atoms with E-state index in [1.54, 1.807) is 0 Å². The van der Waals surface area contributed by atoms with Crippen molar-refractivity contribution in [3.8, 4) is 0 Å². The van der Waals surface area contributed by atoms with Gasteiger partial charge in [-0.15, -0.1) is 0 Å². The van der Waals surface area contributed by atoms with E-state index in [2.05, 4.69) is 39.8 Å². The number of ether oxygens (including phenoxy) is 1. The Morgan fingerprint density at radius 3 is 2.58 bits per heavy atom. The molecule has 0 saturated heterocycles. The Morgan fingerprint density at radius 1 is 1.21 bits per heavy atom. The fraction of sp³-hybridized carbons (Fsp3) is 0.773. The van der Waals surface area contributed by atoms with E-state index in [4.69, 9.17) is 4.74 Å². The quantitative estimate of drug-likeness (QED) is 0.453. The molecule has 0 bridgehead atoms. The minimum Gasteiger partial charge on any atom is -0.469 e. The Hall–Kier alpha value is -1.05. The van der Waals surface area contributed by atoms with Crippen molar-refractivity contribution in [2.45, 2.75) is 79.1 Å². The SMILES string of the molecule is COC(=O)C(C)[C@H]1CC/C(C)=C/CC/C(C)=C/CC[C@@]2(C)C[C@@H]2C1. The summed E-state index contributed by atoms with van der Waals surface area (Å²) in [5, 5.41) is 0. The monoisotopic (exact) mass is 332 g/mol. The summed E-state index contributed by atoms with van der Waals surface area (Å²) in [5.41, 5.74) is 3.51. The fourth-order valence-electron chi connectivity index (χ4n) is 4.31. The van der Waals surface area contributed by atoms with Gasteiger partial charge < -0.3 is 4.74 Å². The molecule has 0 radical (unpaired) electrons. The van der Waals surface area contributed by atoms with Crippen LogP contribution in [0.3, 0.4) is 0 Å². The lowest BCUT2D eigenvalue weighted by Crippen LogP contribution is -2.23. The molecule has 24 heavy (non-hydrogen) atoms. The van der Waals surface area contributed by atoms with E-state index in [1.807, 2.05) is 0 Å². The standard InChI is InChI=1S/C22H36O2/c1-16-8-6-9-17(2)11-12-19(18(3)21(23)24-5)14-20-15-22(20,4)13-7-10-16/h9-10,18-20H,6-8,11-15H2,1-5H3/b16-10+,17-9+/t18?,19-,20-,22-/m0/s1. The van der Waals surface area contributed by atoms with Crippen LogP contribution in [-0.2, 0) is 9.53 Å². The second-order valence-corrected chi connectivity index (χ2v) is 8.58. The third-order valence-electron chi connectivity index (χ3n) is 6.55. The second kappa shape index (κ2) is 8.36. The summed E-state index contributed by atoms with van der Waals surface area (Å²) in [6.45, 7) is 9.02. The molecule has 0 aliphatic heterocycles. The molecule has 0 aromatic carbocycles.